The van der Waals surface area contributed by atoms with Crippen molar-refractivity contribution >= 4 is 27.1 Å². The summed E-state index contributed by atoms with van der Waals surface area (Å²) in [6.45, 7) is 9.30. The minimum absolute atomic E-state index is 0.882. The third kappa shape index (κ3) is 15.1. The van der Waals surface area contributed by atoms with Gasteiger partial charge < -0.3 is 0 Å². The molecule has 108 valence electrons. The Bertz CT molecular complexity index is 179. The Kier molecular flexibility index (Phi) is 13.8. The SMILES string of the molecule is CC(C)CCCC[CH2][Sn](=[S])[CH2]CCCCC(C)C. The summed E-state index contributed by atoms with van der Waals surface area (Å²) in [4.78, 5) is 0. The van der Waals surface area contributed by atoms with Gasteiger partial charge in [-0.25, -0.2) is 0 Å². The summed E-state index contributed by atoms with van der Waals surface area (Å²) in [5.41, 5.74) is 0. The first-order chi connectivity index (χ1) is 8.52. The van der Waals surface area contributed by atoms with Crippen LogP contribution in [-0.2, 0) is 0 Å². The molecule has 0 bridgehead atoms. The number of hydrogen-bond acceptors (Lipinski definition) is 1. The van der Waals surface area contributed by atoms with Crippen molar-refractivity contribution < 1.29 is 0 Å². The van der Waals surface area contributed by atoms with Gasteiger partial charge in [-0.15, -0.1) is 0 Å². The second kappa shape index (κ2) is 13.0. The molecule has 0 spiro atoms. The van der Waals surface area contributed by atoms with Crippen molar-refractivity contribution in [2.24, 2.45) is 11.8 Å². The van der Waals surface area contributed by atoms with Crippen molar-refractivity contribution in [3.05, 3.63) is 0 Å². The average molecular weight is 377 g/mol. The van der Waals surface area contributed by atoms with Crippen molar-refractivity contribution in [2.45, 2.75) is 87.9 Å². The zero-order valence-corrected chi connectivity index (χ0v) is 16.8. The predicted molar refractivity (Wildman–Crippen MR) is 89.6 cm³/mol. The summed E-state index contributed by atoms with van der Waals surface area (Å²) in [6, 6.07) is 0. The summed E-state index contributed by atoms with van der Waals surface area (Å²) >= 11 is -1.29. The van der Waals surface area contributed by atoms with Crippen LogP contribution in [0.15, 0.2) is 0 Å². The van der Waals surface area contributed by atoms with Gasteiger partial charge in [-0.2, -0.15) is 0 Å². The fourth-order valence-corrected chi connectivity index (χ4v) is 8.56. The van der Waals surface area contributed by atoms with E-state index in [0.717, 1.165) is 11.8 Å². The van der Waals surface area contributed by atoms with Crippen molar-refractivity contribution in [3.63, 3.8) is 0 Å². The summed E-state index contributed by atoms with van der Waals surface area (Å²) in [5, 5.41) is 0. The zero-order valence-electron chi connectivity index (χ0n) is 13.1. The molecule has 0 rings (SSSR count). The van der Waals surface area contributed by atoms with Crippen LogP contribution < -0.4 is 0 Å². The monoisotopic (exact) mass is 378 g/mol. The molecule has 0 radical (unpaired) electrons. The molecule has 0 saturated carbocycles. The van der Waals surface area contributed by atoms with E-state index in [0.29, 0.717) is 0 Å². The van der Waals surface area contributed by atoms with E-state index in [-0.39, 0.29) is 0 Å². The van der Waals surface area contributed by atoms with Crippen molar-refractivity contribution in [1.82, 2.24) is 0 Å². The van der Waals surface area contributed by atoms with Gasteiger partial charge in [0.1, 0.15) is 0 Å². The maximum absolute atomic E-state index is 5.74. The first kappa shape index (κ1) is 19.0. The van der Waals surface area contributed by atoms with Gasteiger partial charge in [-0.05, 0) is 0 Å². The van der Waals surface area contributed by atoms with Gasteiger partial charge in [-0.3, -0.25) is 0 Å². The Labute approximate surface area is 126 Å². The van der Waals surface area contributed by atoms with Crippen molar-refractivity contribution in [1.29, 1.82) is 0 Å². The molecule has 0 aromatic heterocycles. The van der Waals surface area contributed by atoms with E-state index >= 15 is 0 Å². The molecule has 0 atom stereocenters. The fourth-order valence-electron chi connectivity index (χ4n) is 2.23. The number of rotatable bonds is 12. The average Bonchev–Trinajstić information content (AvgIpc) is 2.27. The van der Waals surface area contributed by atoms with Gasteiger partial charge in [0.15, 0.2) is 0 Å². The summed E-state index contributed by atoms with van der Waals surface area (Å²) in [7, 11) is 5.74. The van der Waals surface area contributed by atoms with E-state index in [1.165, 1.54) is 60.2 Å². The zero-order chi connectivity index (χ0) is 13.8. The molecule has 0 fully saturated rings. The van der Waals surface area contributed by atoms with Gasteiger partial charge in [-0.1, -0.05) is 0 Å². The molecular weight excluding hydrogens is 343 g/mol. The van der Waals surface area contributed by atoms with Gasteiger partial charge in [0, 0.05) is 0 Å². The van der Waals surface area contributed by atoms with Crippen LogP contribution in [0.2, 0.25) is 8.87 Å². The quantitative estimate of drug-likeness (QED) is 0.272. The first-order valence-electron chi connectivity index (χ1n) is 8.04. The normalized spacial score (nSPS) is 11.4. The fraction of sp³-hybridized carbons (Fsp3) is 1.00. The van der Waals surface area contributed by atoms with E-state index in [2.05, 4.69) is 27.7 Å². The van der Waals surface area contributed by atoms with Gasteiger partial charge in [0.2, 0.25) is 0 Å². The summed E-state index contributed by atoms with van der Waals surface area (Å²) < 4.78 is 2.94. The number of unbranched alkanes of at least 4 members (excludes halogenated alkanes) is 4. The molecule has 0 amide bonds. The topological polar surface area (TPSA) is 0 Å². The van der Waals surface area contributed by atoms with E-state index < -0.39 is 17.8 Å². The third-order valence-corrected chi connectivity index (χ3v) is 11.4. The molecule has 0 aliphatic heterocycles. The predicted octanol–water partition coefficient (Wildman–Crippen LogP) is 6.61. The molecule has 0 saturated heterocycles. The summed E-state index contributed by atoms with van der Waals surface area (Å²) in [6.07, 6.45) is 11.4. The molecule has 0 aliphatic carbocycles. The molecule has 2 heteroatoms. The van der Waals surface area contributed by atoms with E-state index in [1.54, 1.807) is 0 Å². The van der Waals surface area contributed by atoms with Gasteiger partial charge in [0.25, 0.3) is 0 Å². The molecule has 0 nitrogen and oxygen atoms in total. The molecule has 0 heterocycles. The first-order valence-corrected chi connectivity index (χ1v) is 16.0. The molecule has 0 aliphatic rings. The molecular formula is C16H34SSn. The standard InChI is InChI=1S/2C8H17.S.Sn/c2*1-4-5-6-7-8(2)3;;/h2*8H,1,4-7H2,2-3H3;;. The van der Waals surface area contributed by atoms with Crippen LogP contribution in [-0.4, -0.2) is 17.8 Å². The van der Waals surface area contributed by atoms with Crippen LogP contribution in [0.25, 0.3) is 0 Å². The van der Waals surface area contributed by atoms with Gasteiger partial charge in [0.05, 0.1) is 0 Å². The molecule has 0 N–H and O–H groups in total. The molecule has 0 aromatic carbocycles. The Morgan fingerprint density at radius 3 is 1.39 bits per heavy atom. The van der Waals surface area contributed by atoms with Crippen LogP contribution >= 0.6 is 9.29 Å². The van der Waals surface area contributed by atoms with Crippen LogP contribution in [0.4, 0.5) is 0 Å². The minimum atomic E-state index is -1.29. The van der Waals surface area contributed by atoms with E-state index in [4.69, 9.17) is 9.29 Å². The van der Waals surface area contributed by atoms with Crippen LogP contribution in [0.1, 0.15) is 79.1 Å². The Hall–Kier alpha value is 1.02. The van der Waals surface area contributed by atoms with Gasteiger partial charge >= 0.3 is 127 Å². The number of hydrogen-bond donors (Lipinski definition) is 0. The Morgan fingerprint density at radius 2 is 1.06 bits per heavy atom. The van der Waals surface area contributed by atoms with Crippen molar-refractivity contribution in [2.75, 3.05) is 0 Å². The molecule has 18 heavy (non-hydrogen) atoms. The third-order valence-electron chi connectivity index (χ3n) is 3.47. The van der Waals surface area contributed by atoms with Crippen LogP contribution in [0.5, 0.6) is 0 Å². The van der Waals surface area contributed by atoms with E-state index in [1.807, 2.05) is 0 Å². The summed E-state index contributed by atoms with van der Waals surface area (Å²) in [5.74, 6) is 1.76. The van der Waals surface area contributed by atoms with Crippen LogP contribution in [0.3, 0.4) is 0 Å². The maximum atomic E-state index is 5.74. The Balaban J connectivity index is 3.22. The second-order valence-corrected chi connectivity index (χ2v) is 16.3. The second-order valence-electron chi connectivity index (χ2n) is 6.53. The van der Waals surface area contributed by atoms with Crippen LogP contribution in [0, 0.1) is 11.8 Å². The Morgan fingerprint density at radius 1 is 0.667 bits per heavy atom. The van der Waals surface area contributed by atoms with E-state index in [9.17, 15) is 0 Å². The molecule has 0 unspecified atom stereocenters. The molecule has 0 aromatic rings. The van der Waals surface area contributed by atoms with Crippen molar-refractivity contribution in [3.8, 4) is 0 Å².